The normalized spacial score (nSPS) is 17.2. The SMILES string of the molecule is COc1ccc2c(c1)C1(CCN(CC=Cc3ccc(C(F)(F)F)cc3)CC1)CN2C(=O)c1ccnc(Cl)c1. The number of anilines is 1. The molecule has 2 aromatic carbocycles. The molecule has 0 radical (unpaired) electrons. The summed E-state index contributed by atoms with van der Waals surface area (Å²) in [6.07, 6.45) is 2.76. The number of piperidine rings is 1. The molecule has 0 unspecified atom stereocenters. The van der Waals surface area contributed by atoms with Crippen molar-refractivity contribution < 1.29 is 22.7 Å². The zero-order valence-electron chi connectivity index (χ0n) is 20.8. The van der Waals surface area contributed by atoms with E-state index in [9.17, 15) is 18.0 Å². The minimum atomic E-state index is -4.33. The lowest BCUT2D eigenvalue weighted by Gasteiger charge is -2.39. The second-order valence-corrected chi connectivity index (χ2v) is 10.1. The van der Waals surface area contributed by atoms with Crippen molar-refractivity contribution in [2.24, 2.45) is 0 Å². The monoisotopic (exact) mass is 541 g/mol. The van der Waals surface area contributed by atoms with E-state index in [4.69, 9.17) is 16.3 Å². The number of aromatic nitrogens is 1. The lowest BCUT2D eigenvalue weighted by Crippen LogP contribution is -2.46. The molecule has 3 aromatic rings. The number of nitrogens with zero attached hydrogens (tertiary/aromatic N) is 3. The van der Waals surface area contributed by atoms with Gasteiger partial charge in [-0.15, -0.1) is 0 Å². The molecule has 0 N–H and O–H groups in total. The summed E-state index contributed by atoms with van der Waals surface area (Å²) in [6, 6.07) is 14.3. The smallest absolute Gasteiger partial charge is 0.416 e. The summed E-state index contributed by atoms with van der Waals surface area (Å²) in [5.74, 6) is 0.644. The Labute approximate surface area is 224 Å². The van der Waals surface area contributed by atoms with Crippen LogP contribution in [0, 0.1) is 0 Å². The van der Waals surface area contributed by atoms with E-state index in [1.54, 1.807) is 19.2 Å². The quantitative estimate of drug-likeness (QED) is 0.347. The Morgan fingerprint density at radius 2 is 1.84 bits per heavy atom. The number of hydrogen-bond donors (Lipinski definition) is 0. The molecule has 198 valence electrons. The van der Waals surface area contributed by atoms with Gasteiger partial charge in [-0.3, -0.25) is 9.69 Å². The third kappa shape index (κ3) is 5.28. The summed E-state index contributed by atoms with van der Waals surface area (Å²) in [4.78, 5) is 21.6. The van der Waals surface area contributed by atoms with Crippen LogP contribution < -0.4 is 9.64 Å². The molecular formula is C29H27ClF3N3O2. The zero-order chi connectivity index (χ0) is 26.9. The highest BCUT2D eigenvalue weighted by atomic mass is 35.5. The Hall–Kier alpha value is -3.36. The predicted octanol–water partition coefficient (Wildman–Crippen LogP) is 6.47. The highest BCUT2D eigenvalue weighted by Crippen LogP contribution is 2.48. The predicted molar refractivity (Wildman–Crippen MR) is 142 cm³/mol. The van der Waals surface area contributed by atoms with Crippen LogP contribution in [0.15, 0.2) is 66.9 Å². The average Bonchev–Trinajstić information content (AvgIpc) is 3.22. The van der Waals surface area contributed by atoms with E-state index in [0.29, 0.717) is 18.7 Å². The molecule has 0 atom stereocenters. The molecule has 1 spiro atoms. The van der Waals surface area contributed by atoms with Crippen molar-refractivity contribution in [1.82, 2.24) is 9.88 Å². The fraction of sp³-hybridized carbons (Fsp3) is 0.310. The van der Waals surface area contributed by atoms with Crippen LogP contribution in [-0.2, 0) is 11.6 Å². The van der Waals surface area contributed by atoms with Gasteiger partial charge in [0.1, 0.15) is 10.9 Å². The molecule has 1 saturated heterocycles. The van der Waals surface area contributed by atoms with E-state index in [2.05, 4.69) is 9.88 Å². The highest BCUT2D eigenvalue weighted by molar-refractivity contribution is 6.29. The van der Waals surface area contributed by atoms with Crippen LogP contribution in [0.3, 0.4) is 0 Å². The molecule has 38 heavy (non-hydrogen) atoms. The number of carbonyl (C=O) groups is 1. The molecule has 1 aromatic heterocycles. The molecule has 0 aliphatic carbocycles. The summed E-state index contributed by atoms with van der Waals surface area (Å²) >= 11 is 6.04. The number of hydrogen-bond acceptors (Lipinski definition) is 4. The van der Waals surface area contributed by atoms with Gasteiger partial charge >= 0.3 is 6.18 Å². The Kier molecular flexibility index (Phi) is 7.20. The lowest BCUT2D eigenvalue weighted by molar-refractivity contribution is -0.137. The zero-order valence-corrected chi connectivity index (χ0v) is 21.6. The number of carbonyl (C=O) groups excluding carboxylic acids is 1. The Balaban J connectivity index is 1.29. The van der Waals surface area contributed by atoms with E-state index < -0.39 is 11.7 Å². The van der Waals surface area contributed by atoms with Gasteiger partial charge in [-0.1, -0.05) is 35.9 Å². The van der Waals surface area contributed by atoms with Crippen molar-refractivity contribution in [2.45, 2.75) is 24.4 Å². The summed E-state index contributed by atoms with van der Waals surface area (Å²) in [6.45, 7) is 2.93. The van der Waals surface area contributed by atoms with Gasteiger partial charge < -0.3 is 9.64 Å². The van der Waals surface area contributed by atoms with E-state index in [-0.39, 0.29) is 16.5 Å². The third-order valence-corrected chi connectivity index (χ3v) is 7.68. The molecule has 1 amide bonds. The largest absolute Gasteiger partial charge is 0.497 e. The van der Waals surface area contributed by atoms with Crippen LogP contribution in [-0.4, -0.2) is 49.1 Å². The van der Waals surface area contributed by atoms with Gasteiger partial charge in [-0.05, 0) is 79.5 Å². The lowest BCUT2D eigenvalue weighted by atomic mass is 9.74. The molecule has 5 nitrogen and oxygen atoms in total. The summed E-state index contributed by atoms with van der Waals surface area (Å²) in [5.41, 5.74) is 2.39. The standard InChI is InChI=1S/C29H27ClF3N3O2/c1-38-23-8-9-25-24(18-23)28(19-36(25)27(37)21-10-13-34-26(30)17-21)11-15-35(16-12-28)14-2-3-20-4-6-22(7-5-20)29(31,32)33/h2-10,13,17-18H,11-12,14-16,19H2,1H3. The molecule has 0 bridgehead atoms. The van der Waals surface area contributed by atoms with E-state index in [0.717, 1.165) is 60.6 Å². The number of benzene rings is 2. The van der Waals surface area contributed by atoms with Crippen molar-refractivity contribution in [2.75, 3.05) is 38.2 Å². The highest BCUT2D eigenvalue weighted by Gasteiger charge is 2.46. The van der Waals surface area contributed by atoms with Crippen LogP contribution in [0.5, 0.6) is 5.75 Å². The van der Waals surface area contributed by atoms with Crippen LogP contribution in [0.4, 0.5) is 18.9 Å². The second-order valence-electron chi connectivity index (χ2n) is 9.74. The first-order chi connectivity index (χ1) is 18.2. The minimum Gasteiger partial charge on any atom is -0.497 e. The summed E-state index contributed by atoms with van der Waals surface area (Å²) in [7, 11) is 1.64. The molecule has 2 aliphatic rings. The van der Waals surface area contributed by atoms with Crippen molar-refractivity contribution in [3.63, 3.8) is 0 Å². The fourth-order valence-electron chi connectivity index (χ4n) is 5.36. The Morgan fingerprint density at radius 1 is 1.11 bits per heavy atom. The van der Waals surface area contributed by atoms with E-state index in [1.807, 2.05) is 35.3 Å². The number of methoxy groups -OCH3 is 1. The van der Waals surface area contributed by atoms with Crippen molar-refractivity contribution >= 4 is 29.3 Å². The van der Waals surface area contributed by atoms with Crippen LogP contribution >= 0.6 is 11.6 Å². The average molecular weight is 542 g/mol. The first-order valence-corrected chi connectivity index (χ1v) is 12.7. The molecular weight excluding hydrogens is 515 g/mol. The summed E-state index contributed by atoms with van der Waals surface area (Å²) < 4.78 is 43.9. The maximum absolute atomic E-state index is 13.5. The maximum atomic E-state index is 13.5. The molecule has 2 aliphatic heterocycles. The van der Waals surface area contributed by atoms with Crippen molar-refractivity contribution in [3.8, 4) is 5.75 Å². The Bertz CT molecular complexity index is 1350. The van der Waals surface area contributed by atoms with Crippen molar-refractivity contribution in [1.29, 1.82) is 0 Å². The summed E-state index contributed by atoms with van der Waals surface area (Å²) in [5, 5.41) is 0.275. The minimum absolute atomic E-state index is 0.112. The number of alkyl halides is 3. The first kappa shape index (κ1) is 26.3. The number of pyridine rings is 1. The van der Waals surface area contributed by atoms with Gasteiger partial charge in [0, 0.05) is 36.0 Å². The second kappa shape index (κ2) is 10.4. The molecule has 9 heteroatoms. The number of halogens is 4. The molecule has 3 heterocycles. The first-order valence-electron chi connectivity index (χ1n) is 12.4. The van der Waals surface area contributed by atoms with Crippen molar-refractivity contribution in [3.05, 3.63) is 94.3 Å². The van der Waals surface area contributed by atoms with Gasteiger partial charge in [-0.25, -0.2) is 4.98 Å². The van der Waals surface area contributed by atoms with Crippen LogP contribution in [0.1, 0.15) is 39.9 Å². The van der Waals surface area contributed by atoms with Crippen LogP contribution in [0.25, 0.3) is 6.08 Å². The fourth-order valence-corrected chi connectivity index (χ4v) is 5.53. The molecule has 5 rings (SSSR count). The number of likely N-dealkylation sites (tertiary alicyclic amines) is 1. The number of amides is 1. The molecule has 1 fully saturated rings. The van der Waals surface area contributed by atoms with E-state index >= 15 is 0 Å². The van der Waals surface area contributed by atoms with Gasteiger partial charge in [0.15, 0.2) is 0 Å². The van der Waals surface area contributed by atoms with Gasteiger partial charge in [-0.2, -0.15) is 13.2 Å². The number of fused-ring (bicyclic) bond motifs is 2. The van der Waals surface area contributed by atoms with E-state index in [1.165, 1.54) is 18.3 Å². The van der Waals surface area contributed by atoms with Gasteiger partial charge in [0.25, 0.3) is 5.91 Å². The van der Waals surface area contributed by atoms with Gasteiger partial charge in [0.05, 0.1) is 12.7 Å². The number of rotatable bonds is 5. The van der Waals surface area contributed by atoms with Gasteiger partial charge in [0.2, 0.25) is 0 Å². The van der Waals surface area contributed by atoms with Crippen LogP contribution in [0.2, 0.25) is 5.15 Å². The third-order valence-electron chi connectivity index (χ3n) is 7.47. The number of ether oxygens (including phenoxy) is 1. The topological polar surface area (TPSA) is 45.7 Å². The molecule has 0 saturated carbocycles. The maximum Gasteiger partial charge on any atom is 0.416 e. The Morgan fingerprint density at radius 3 is 2.50 bits per heavy atom.